The van der Waals surface area contributed by atoms with Gasteiger partial charge in [-0.05, 0) is 68.3 Å². The summed E-state index contributed by atoms with van der Waals surface area (Å²) in [6.07, 6.45) is 3.80. The fourth-order valence-corrected chi connectivity index (χ4v) is 5.17. The molecule has 3 aromatic rings. The Morgan fingerprint density at radius 3 is 2.82 bits per heavy atom. The summed E-state index contributed by atoms with van der Waals surface area (Å²) in [5.74, 6) is 6.98. The normalized spacial score (nSPS) is 16.8. The second-order valence-corrected chi connectivity index (χ2v) is 9.69. The number of aliphatic hydroxyl groups is 2. The van der Waals surface area contributed by atoms with Crippen LogP contribution < -0.4 is 4.74 Å². The first-order valence-corrected chi connectivity index (χ1v) is 12.4. The van der Waals surface area contributed by atoms with E-state index in [2.05, 4.69) is 26.7 Å². The Morgan fingerprint density at radius 2 is 2.12 bits per heavy atom. The SMILES string of the molecule is COc1ccc2ncc(Cl)c(C(O)CCC3(CO)CCN(CC#Cc4cscn4)CC3)c2c1. The van der Waals surface area contributed by atoms with Crippen molar-refractivity contribution in [2.24, 2.45) is 5.41 Å². The van der Waals surface area contributed by atoms with Crippen LogP contribution in [0.2, 0.25) is 5.02 Å². The van der Waals surface area contributed by atoms with Crippen LogP contribution in [0, 0.1) is 17.3 Å². The van der Waals surface area contributed by atoms with Crippen molar-refractivity contribution >= 4 is 33.8 Å². The summed E-state index contributed by atoms with van der Waals surface area (Å²) in [6, 6.07) is 5.57. The number of likely N-dealkylation sites (tertiary alicyclic amines) is 1. The first-order chi connectivity index (χ1) is 16.0. The van der Waals surface area contributed by atoms with E-state index in [-0.39, 0.29) is 12.0 Å². The van der Waals surface area contributed by atoms with Crippen LogP contribution in [0.1, 0.15) is 43.0 Å². The van der Waals surface area contributed by atoms with Crippen LogP contribution >= 0.6 is 22.9 Å². The third kappa shape index (κ3) is 5.65. The van der Waals surface area contributed by atoms with E-state index in [1.807, 2.05) is 23.6 Å². The fraction of sp³-hybridized carbons (Fsp3) is 0.440. The molecule has 2 N–H and O–H groups in total. The Hall–Kier alpha value is -2.21. The molecular weight excluding hydrogens is 458 g/mol. The zero-order valence-electron chi connectivity index (χ0n) is 18.6. The first-order valence-electron chi connectivity index (χ1n) is 11.0. The highest BCUT2D eigenvalue weighted by Gasteiger charge is 2.34. The number of rotatable bonds is 7. The van der Waals surface area contributed by atoms with E-state index in [9.17, 15) is 10.2 Å². The molecule has 2 aromatic heterocycles. The molecular formula is C25H28ClN3O3S. The number of pyridine rings is 1. The van der Waals surface area contributed by atoms with E-state index in [1.54, 1.807) is 30.2 Å². The standard InChI is InChI=1S/C25H28ClN3O3S/c1-32-19-4-5-22-20(13-19)24(21(26)14-27-22)23(31)6-7-25(16-30)8-11-29(12-9-25)10-2-3-18-15-33-17-28-18/h4-5,13-15,17,23,30-31H,6-12,16H2,1H3. The lowest BCUT2D eigenvalue weighted by atomic mass is 9.74. The van der Waals surface area contributed by atoms with Crippen LogP contribution in [-0.4, -0.2) is 58.4 Å². The summed E-state index contributed by atoms with van der Waals surface area (Å²) in [4.78, 5) is 10.9. The highest BCUT2D eigenvalue weighted by Crippen LogP contribution is 2.40. The highest BCUT2D eigenvalue weighted by atomic mass is 35.5. The monoisotopic (exact) mass is 485 g/mol. The third-order valence-electron chi connectivity index (χ3n) is 6.55. The molecule has 1 aliphatic heterocycles. The molecule has 1 aromatic carbocycles. The van der Waals surface area contributed by atoms with Crippen molar-refractivity contribution in [2.45, 2.75) is 31.8 Å². The summed E-state index contributed by atoms with van der Waals surface area (Å²) in [6.45, 7) is 2.55. The fourth-order valence-electron chi connectivity index (χ4n) is 4.41. The van der Waals surface area contributed by atoms with Gasteiger partial charge in [0.1, 0.15) is 11.4 Å². The average Bonchev–Trinajstić information content (AvgIpc) is 3.36. The topological polar surface area (TPSA) is 78.7 Å². The Bertz CT molecular complexity index is 1130. The van der Waals surface area contributed by atoms with Crippen molar-refractivity contribution < 1.29 is 14.9 Å². The number of hydrogen-bond donors (Lipinski definition) is 2. The van der Waals surface area contributed by atoms with Gasteiger partial charge < -0.3 is 14.9 Å². The predicted molar refractivity (Wildman–Crippen MR) is 132 cm³/mol. The quantitative estimate of drug-likeness (QED) is 0.486. The molecule has 1 atom stereocenters. The molecule has 174 valence electrons. The molecule has 6 nitrogen and oxygen atoms in total. The minimum atomic E-state index is -0.750. The second kappa shape index (κ2) is 10.8. The molecule has 0 aliphatic carbocycles. The van der Waals surface area contributed by atoms with E-state index in [4.69, 9.17) is 16.3 Å². The molecule has 4 rings (SSSR count). The molecule has 0 bridgehead atoms. The molecule has 0 radical (unpaired) electrons. The summed E-state index contributed by atoms with van der Waals surface area (Å²) in [7, 11) is 1.61. The van der Waals surface area contributed by atoms with E-state index in [1.165, 1.54) is 0 Å². The minimum absolute atomic E-state index is 0.108. The van der Waals surface area contributed by atoms with Crippen LogP contribution in [0.25, 0.3) is 10.9 Å². The van der Waals surface area contributed by atoms with Crippen molar-refractivity contribution in [2.75, 3.05) is 33.4 Å². The maximum atomic E-state index is 11.1. The van der Waals surface area contributed by atoms with Gasteiger partial charge in [0.2, 0.25) is 0 Å². The molecule has 0 spiro atoms. The molecule has 0 amide bonds. The van der Waals surface area contributed by atoms with Gasteiger partial charge in [-0.25, -0.2) is 4.98 Å². The zero-order valence-corrected chi connectivity index (χ0v) is 20.2. The molecule has 0 saturated carbocycles. The zero-order chi connectivity index (χ0) is 23.3. The van der Waals surface area contributed by atoms with Crippen LogP contribution in [0.15, 0.2) is 35.3 Å². The summed E-state index contributed by atoms with van der Waals surface area (Å²) in [5, 5.41) is 24.5. The molecule has 33 heavy (non-hydrogen) atoms. The number of hydrogen-bond acceptors (Lipinski definition) is 7. The number of fused-ring (bicyclic) bond motifs is 1. The van der Waals surface area contributed by atoms with Gasteiger partial charge in [0.05, 0.1) is 35.8 Å². The number of halogens is 1. The maximum Gasteiger partial charge on any atom is 0.124 e. The number of benzene rings is 1. The smallest absolute Gasteiger partial charge is 0.124 e. The Kier molecular flexibility index (Phi) is 7.84. The second-order valence-electron chi connectivity index (χ2n) is 8.57. The van der Waals surface area contributed by atoms with Gasteiger partial charge in [-0.15, -0.1) is 11.3 Å². The Morgan fingerprint density at radius 1 is 1.30 bits per heavy atom. The average molecular weight is 486 g/mol. The minimum Gasteiger partial charge on any atom is -0.497 e. The van der Waals surface area contributed by atoms with Gasteiger partial charge in [-0.3, -0.25) is 9.88 Å². The van der Waals surface area contributed by atoms with Gasteiger partial charge in [-0.2, -0.15) is 0 Å². The lowest BCUT2D eigenvalue weighted by Gasteiger charge is -2.40. The van der Waals surface area contributed by atoms with E-state index in [0.717, 1.165) is 42.5 Å². The van der Waals surface area contributed by atoms with Crippen LogP contribution in [0.4, 0.5) is 0 Å². The molecule has 1 unspecified atom stereocenters. The largest absolute Gasteiger partial charge is 0.497 e. The highest BCUT2D eigenvalue weighted by molar-refractivity contribution is 7.07. The Labute approximate surface area is 203 Å². The molecule has 1 aliphatic rings. The number of ether oxygens (including phenoxy) is 1. The van der Waals surface area contributed by atoms with Gasteiger partial charge in [0, 0.05) is 29.1 Å². The van der Waals surface area contributed by atoms with E-state index < -0.39 is 6.10 Å². The third-order valence-corrected chi connectivity index (χ3v) is 7.44. The lowest BCUT2D eigenvalue weighted by Crippen LogP contribution is -2.42. The maximum absolute atomic E-state index is 11.1. The van der Waals surface area contributed by atoms with Gasteiger partial charge in [-0.1, -0.05) is 17.5 Å². The molecule has 1 saturated heterocycles. The number of methoxy groups -OCH3 is 1. The summed E-state index contributed by atoms with van der Waals surface area (Å²) < 4.78 is 5.34. The predicted octanol–water partition coefficient (Wildman–Crippen LogP) is 4.29. The van der Waals surface area contributed by atoms with Crippen LogP contribution in [-0.2, 0) is 0 Å². The van der Waals surface area contributed by atoms with Gasteiger partial charge in [0.25, 0.3) is 0 Å². The van der Waals surface area contributed by atoms with Crippen molar-refractivity contribution in [3.8, 4) is 17.6 Å². The van der Waals surface area contributed by atoms with Gasteiger partial charge in [0.15, 0.2) is 0 Å². The molecule has 3 heterocycles. The summed E-state index contributed by atoms with van der Waals surface area (Å²) >= 11 is 8.00. The number of nitrogens with zero attached hydrogens (tertiary/aromatic N) is 3. The van der Waals surface area contributed by atoms with E-state index >= 15 is 0 Å². The van der Waals surface area contributed by atoms with Crippen molar-refractivity contribution in [3.63, 3.8) is 0 Å². The van der Waals surface area contributed by atoms with Crippen molar-refractivity contribution in [1.29, 1.82) is 0 Å². The van der Waals surface area contributed by atoms with E-state index in [0.29, 0.717) is 35.7 Å². The van der Waals surface area contributed by atoms with Crippen molar-refractivity contribution in [1.82, 2.24) is 14.9 Å². The van der Waals surface area contributed by atoms with Crippen molar-refractivity contribution in [3.05, 3.63) is 51.6 Å². The Balaban J connectivity index is 1.39. The molecule has 1 fully saturated rings. The molecule has 8 heteroatoms. The summed E-state index contributed by atoms with van der Waals surface area (Å²) in [5.41, 5.74) is 3.83. The van der Waals surface area contributed by atoms with Crippen LogP contribution in [0.3, 0.4) is 0 Å². The number of thiazole rings is 1. The first kappa shape index (κ1) is 23.9. The lowest BCUT2D eigenvalue weighted by molar-refractivity contribution is 0.0273. The number of piperidine rings is 1. The van der Waals surface area contributed by atoms with Crippen LogP contribution in [0.5, 0.6) is 5.75 Å². The number of aromatic nitrogens is 2. The van der Waals surface area contributed by atoms with Gasteiger partial charge >= 0.3 is 0 Å². The number of aliphatic hydroxyl groups excluding tert-OH is 2.